The van der Waals surface area contributed by atoms with E-state index in [1.165, 1.54) is 0 Å². The Morgan fingerprint density at radius 3 is 2.57 bits per heavy atom. The fourth-order valence-corrected chi connectivity index (χ4v) is 1.14. The van der Waals surface area contributed by atoms with Crippen LogP contribution in [0.25, 0.3) is 0 Å². The maximum Gasteiger partial charge on any atom is 0.174 e. The van der Waals surface area contributed by atoms with Crippen LogP contribution in [0.4, 0.5) is 5.82 Å². The number of ether oxygens (including phenoxy) is 2. The van der Waals surface area contributed by atoms with Gasteiger partial charge in [0.05, 0.1) is 6.54 Å². The molecule has 0 saturated heterocycles. The minimum absolute atomic E-state index is 0.220. The number of pyridine rings is 1. The molecule has 1 aromatic heterocycles. The lowest BCUT2D eigenvalue weighted by Gasteiger charge is -2.22. The first-order valence-electron chi connectivity index (χ1n) is 4.45. The molecule has 1 rings (SSSR count). The molecule has 78 valence electrons. The highest BCUT2D eigenvalue weighted by atomic mass is 16.7. The van der Waals surface area contributed by atoms with Gasteiger partial charge in [-0.3, -0.25) is 0 Å². The first-order chi connectivity index (χ1) is 6.77. The zero-order valence-electron chi connectivity index (χ0n) is 8.80. The van der Waals surface area contributed by atoms with Crippen molar-refractivity contribution in [2.45, 2.75) is 6.29 Å². The maximum absolute atomic E-state index is 5.10. The van der Waals surface area contributed by atoms with Gasteiger partial charge in [0.2, 0.25) is 0 Å². The lowest BCUT2D eigenvalue weighted by atomic mass is 10.4. The van der Waals surface area contributed by atoms with Crippen LogP contribution >= 0.6 is 0 Å². The van der Waals surface area contributed by atoms with Crippen molar-refractivity contribution >= 4 is 5.82 Å². The highest BCUT2D eigenvalue weighted by Crippen LogP contribution is 2.07. The van der Waals surface area contributed by atoms with E-state index in [1.54, 1.807) is 20.4 Å². The minimum atomic E-state index is -0.220. The second-order valence-electron chi connectivity index (χ2n) is 2.97. The van der Waals surface area contributed by atoms with Gasteiger partial charge in [-0.2, -0.15) is 0 Å². The molecule has 1 heterocycles. The quantitative estimate of drug-likeness (QED) is 0.661. The summed E-state index contributed by atoms with van der Waals surface area (Å²) in [6, 6.07) is 5.79. The van der Waals surface area contributed by atoms with E-state index in [2.05, 4.69) is 4.98 Å². The summed E-state index contributed by atoms with van der Waals surface area (Å²) >= 11 is 0. The van der Waals surface area contributed by atoms with E-state index in [0.717, 1.165) is 5.82 Å². The first kappa shape index (κ1) is 10.9. The normalized spacial score (nSPS) is 10.6. The average Bonchev–Trinajstić information content (AvgIpc) is 2.26. The van der Waals surface area contributed by atoms with Crippen LogP contribution in [0, 0.1) is 0 Å². The number of hydrogen-bond acceptors (Lipinski definition) is 4. The van der Waals surface area contributed by atoms with Crippen molar-refractivity contribution in [1.29, 1.82) is 0 Å². The van der Waals surface area contributed by atoms with Crippen molar-refractivity contribution in [3.05, 3.63) is 24.4 Å². The van der Waals surface area contributed by atoms with Crippen LogP contribution in [0.15, 0.2) is 24.4 Å². The summed E-state index contributed by atoms with van der Waals surface area (Å²) < 4.78 is 10.2. The number of nitrogens with zero attached hydrogens (tertiary/aromatic N) is 2. The molecule has 1 aromatic rings. The Kier molecular flexibility index (Phi) is 4.35. The molecule has 0 fully saturated rings. The van der Waals surface area contributed by atoms with Crippen molar-refractivity contribution in [1.82, 2.24) is 4.98 Å². The average molecular weight is 196 g/mol. The molecule has 0 N–H and O–H groups in total. The van der Waals surface area contributed by atoms with Gasteiger partial charge in [0, 0.05) is 27.5 Å². The molecule has 0 unspecified atom stereocenters. The molecule has 0 atom stereocenters. The summed E-state index contributed by atoms with van der Waals surface area (Å²) in [5.74, 6) is 0.909. The third-order valence-electron chi connectivity index (χ3n) is 1.99. The van der Waals surface area contributed by atoms with Crippen molar-refractivity contribution in [3.8, 4) is 0 Å². The predicted octanol–water partition coefficient (Wildman–Crippen LogP) is 1.14. The molecule has 0 bridgehead atoms. The van der Waals surface area contributed by atoms with E-state index in [-0.39, 0.29) is 6.29 Å². The van der Waals surface area contributed by atoms with Gasteiger partial charge in [0.25, 0.3) is 0 Å². The molecule has 0 aromatic carbocycles. The lowest BCUT2D eigenvalue weighted by Crippen LogP contribution is -2.32. The fraction of sp³-hybridized carbons (Fsp3) is 0.500. The van der Waals surface area contributed by atoms with Crippen LogP contribution in [0.3, 0.4) is 0 Å². The molecule has 0 radical (unpaired) electrons. The van der Waals surface area contributed by atoms with Gasteiger partial charge in [0.15, 0.2) is 6.29 Å². The molecule has 0 amide bonds. The Morgan fingerprint density at radius 1 is 1.36 bits per heavy atom. The van der Waals surface area contributed by atoms with Crippen LogP contribution in [-0.2, 0) is 9.47 Å². The van der Waals surface area contributed by atoms with Gasteiger partial charge in [-0.15, -0.1) is 0 Å². The predicted molar refractivity (Wildman–Crippen MR) is 55.3 cm³/mol. The molecule has 4 nitrogen and oxygen atoms in total. The number of methoxy groups -OCH3 is 2. The van der Waals surface area contributed by atoms with Gasteiger partial charge in [-0.1, -0.05) is 6.07 Å². The molecule has 0 aliphatic heterocycles. The molecular formula is C10H16N2O2. The van der Waals surface area contributed by atoms with Gasteiger partial charge in [0.1, 0.15) is 5.82 Å². The second-order valence-corrected chi connectivity index (χ2v) is 2.97. The zero-order chi connectivity index (χ0) is 10.4. The Bertz CT molecular complexity index is 250. The summed E-state index contributed by atoms with van der Waals surface area (Å²) in [6.45, 7) is 0.657. The molecule has 0 spiro atoms. The molecule has 0 aliphatic rings. The van der Waals surface area contributed by atoms with E-state index in [1.807, 2.05) is 30.1 Å². The van der Waals surface area contributed by atoms with E-state index >= 15 is 0 Å². The molecular weight excluding hydrogens is 180 g/mol. The minimum Gasteiger partial charge on any atom is -0.355 e. The van der Waals surface area contributed by atoms with E-state index < -0.39 is 0 Å². The third-order valence-corrected chi connectivity index (χ3v) is 1.99. The van der Waals surface area contributed by atoms with Crippen LogP contribution in [0.1, 0.15) is 0 Å². The number of anilines is 1. The van der Waals surface area contributed by atoms with Crippen LogP contribution in [-0.4, -0.2) is 39.1 Å². The fourth-order valence-electron chi connectivity index (χ4n) is 1.14. The highest BCUT2D eigenvalue weighted by Gasteiger charge is 2.09. The summed E-state index contributed by atoms with van der Waals surface area (Å²) in [5.41, 5.74) is 0. The summed E-state index contributed by atoms with van der Waals surface area (Å²) in [5, 5.41) is 0. The molecule has 0 aliphatic carbocycles. The van der Waals surface area contributed by atoms with Gasteiger partial charge in [-0.25, -0.2) is 4.98 Å². The van der Waals surface area contributed by atoms with Crippen LogP contribution in [0.5, 0.6) is 0 Å². The van der Waals surface area contributed by atoms with E-state index in [4.69, 9.17) is 9.47 Å². The van der Waals surface area contributed by atoms with Gasteiger partial charge >= 0.3 is 0 Å². The standard InChI is InChI=1S/C10H16N2O2/c1-12(8-10(13-2)14-3)9-6-4-5-7-11-9/h4-7,10H,8H2,1-3H3. The smallest absolute Gasteiger partial charge is 0.174 e. The summed E-state index contributed by atoms with van der Waals surface area (Å²) in [6.07, 6.45) is 1.54. The van der Waals surface area contributed by atoms with E-state index in [0.29, 0.717) is 6.54 Å². The highest BCUT2D eigenvalue weighted by molar-refractivity contribution is 5.36. The SMILES string of the molecule is COC(CN(C)c1ccccn1)OC. The van der Waals surface area contributed by atoms with Gasteiger partial charge < -0.3 is 14.4 Å². The Labute approximate surface area is 84.5 Å². The largest absolute Gasteiger partial charge is 0.355 e. The topological polar surface area (TPSA) is 34.6 Å². The van der Waals surface area contributed by atoms with E-state index in [9.17, 15) is 0 Å². The number of likely N-dealkylation sites (N-methyl/N-ethyl adjacent to an activating group) is 1. The Hall–Kier alpha value is -1.13. The van der Waals surface area contributed by atoms with Crippen molar-refractivity contribution in [2.75, 3.05) is 32.7 Å². The summed E-state index contributed by atoms with van der Waals surface area (Å²) in [4.78, 5) is 6.20. The van der Waals surface area contributed by atoms with Crippen molar-refractivity contribution in [2.24, 2.45) is 0 Å². The van der Waals surface area contributed by atoms with Crippen LogP contribution in [0.2, 0.25) is 0 Å². The van der Waals surface area contributed by atoms with Gasteiger partial charge in [-0.05, 0) is 12.1 Å². The zero-order valence-corrected chi connectivity index (χ0v) is 8.80. The van der Waals surface area contributed by atoms with Crippen molar-refractivity contribution in [3.63, 3.8) is 0 Å². The lowest BCUT2D eigenvalue weighted by molar-refractivity contribution is -0.0944. The van der Waals surface area contributed by atoms with Crippen molar-refractivity contribution < 1.29 is 9.47 Å². The number of aromatic nitrogens is 1. The monoisotopic (exact) mass is 196 g/mol. The second kappa shape index (κ2) is 5.57. The van der Waals surface area contributed by atoms with Crippen LogP contribution < -0.4 is 4.90 Å². The third kappa shape index (κ3) is 2.97. The number of hydrogen-bond donors (Lipinski definition) is 0. The Morgan fingerprint density at radius 2 is 2.07 bits per heavy atom. The number of rotatable bonds is 5. The molecule has 14 heavy (non-hydrogen) atoms. The first-order valence-corrected chi connectivity index (χ1v) is 4.45. The maximum atomic E-state index is 5.10. The summed E-state index contributed by atoms with van der Waals surface area (Å²) in [7, 11) is 5.20. The Balaban J connectivity index is 2.54. The molecule has 0 saturated carbocycles. The molecule has 4 heteroatoms.